The van der Waals surface area contributed by atoms with Gasteiger partial charge in [0.05, 0.1) is 5.69 Å². The number of rotatable bonds is 3. The van der Waals surface area contributed by atoms with Crippen LogP contribution in [0.3, 0.4) is 0 Å². The van der Waals surface area contributed by atoms with Gasteiger partial charge in [-0.2, -0.15) is 0 Å². The molecular formula is C22H26N4O2. The van der Waals surface area contributed by atoms with E-state index in [4.69, 9.17) is 9.72 Å². The predicted octanol–water partition coefficient (Wildman–Crippen LogP) is 2.80. The first-order valence-electron chi connectivity index (χ1n) is 10.3. The number of carbonyl (C=O) groups is 1. The number of hydrogen-bond donors (Lipinski definition) is 0. The minimum Gasteiger partial charge on any atom is -0.487 e. The number of hydrogen-bond acceptors (Lipinski definition) is 5. The molecule has 6 heteroatoms. The van der Waals surface area contributed by atoms with E-state index in [0.717, 1.165) is 69.1 Å². The monoisotopic (exact) mass is 378 g/mol. The molecule has 3 aliphatic rings. The molecular weight excluding hydrogens is 352 g/mol. The van der Waals surface area contributed by atoms with Crippen molar-refractivity contribution >= 4 is 11.7 Å². The highest BCUT2D eigenvalue weighted by Crippen LogP contribution is 2.33. The van der Waals surface area contributed by atoms with Gasteiger partial charge >= 0.3 is 0 Å². The average Bonchev–Trinajstić information content (AvgIpc) is 3.02. The molecule has 0 aliphatic carbocycles. The van der Waals surface area contributed by atoms with Gasteiger partial charge in [0, 0.05) is 44.6 Å². The normalized spacial score (nSPS) is 21.7. The smallest absolute Gasteiger partial charge is 0.222 e. The fourth-order valence-corrected chi connectivity index (χ4v) is 4.76. The van der Waals surface area contributed by atoms with Crippen LogP contribution in [-0.2, 0) is 17.8 Å². The van der Waals surface area contributed by atoms with E-state index in [9.17, 15) is 4.79 Å². The first-order valence-corrected chi connectivity index (χ1v) is 10.3. The molecule has 0 spiro atoms. The Morgan fingerprint density at radius 1 is 1.14 bits per heavy atom. The Morgan fingerprint density at radius 2 is 2.07 bits per heavy atom. The maximum Gasteiger partial charge on any atom is 0.222 e. The van der Waals surface area contributed by atoms with Gasteiger partial charge in [0.1, 0.15) is 24.5 Å². The van der Waals surface area contributed by atoms with Crippen LogP contribution in [0, 0.1) is 5.92 Å². The molecule has 0 saturated carbocycles. The molecule has 4 heterocycles. The zero-order chi connectivity index (χ0) is 18.9. The summed E-state index contributed by atoms with van der Waals surface area (Å²) in [6, 6.07) is 8.22. The molecule has 1 atom stereocenters. The fraction of sp³-hybridized carbons (Fsp3) is 0.500. The lowest BCUT2D eigenvalue weighted by Crippen LogP contribution is -2.42. The van der Waals surface area contributed by atoms with E-state index >= 15 is 0 Å². The van der Waals surface area contributed by atoms with Gasteiger partial charge in [0.25, 0.3) is 0 Å². The van der Waals surface area contributed by atoms with Crippen molar-refractivity contribution in [3.63, 3.8) is 0 Å². The van der Waals surface area contributed by atoms with E-state index in [0.29, 0.717) is 18.4 Å². The van der Waals surface area contributed by atoms with Crippen molar-refractivity contribution in [2.45, 2.75) is 38.7 Å². The van der Waals surface area contributed by atoms with Crippen molar-refractivity contribution in [2.75, 3.05) is 31.1 Å². The quantitative estimate of drug-likeness (QED) is 0.822. The van der Waals surface area contributed by atoms with Gasteiger partial charge in [-0.3, -0.25) is 4.79 Å². The third-order valence-corrected chi connectivity index (χ3v) is 6.18. The Hall–Kier alpha value is -2.63. The van der Waals surface area contributed by atoms with Crippen molar-refractivity contribution < 1.29 is 9.53 Å². The van der Waals surface area contributed by atoms with Gasteiger partial charge in [0.2, 0.25) is 5.91 Å². The number of piperidine rings is 1. The van der Waals surface area contributed by atoms with E-state index in [1.165, 1.54) is 17.5 Å². The number of fused-ring (bicyclic) bond motifs is 2. The number of aromatic nitrogens is 2. The predicted molar refractivity (Wildman–Crippen MR) is 106 cm³/mol. The molecule has 2 fully saturated rings. The third kappa shape index (κ3) is 3.32. The van der Waals surface area contributed by atoms with Crippen LogP contribution in [0.2, 0.25) is 0 Å². The van der Waals surface area contributed by atoms with Crippen molar-refractivity contribution in [1.29, 1.82) is 0 Å². The second kappa shape index (κ2) is 7.41. The Labute approximate surface area is 165 Å². The minimum atomic E-state index is 0.321. The third-order valence-electron chi connectivity index (χ3n) is 6.18. The zero-order valence-electron chi connectivity index (χ0n) is 16.1. The average molecular weight is 378 g/mol. The number of anilines is 1. The highest BCUT2D eigenvalue weighted by atomic mass is 16.5. The number of ether oxygens (including phenoxy) is 1. The lowest BCUT2D eigenvalue weighted by molar-refractivity contribution is -0.128. The fourth-order valence-electron chi connectivity index (χ4n) is 4.76. The molecule has 1 amide bonds. The molecule has 5 rings (SSSR count). The van der Waals surface area contributed by atoms with Gasteiger partial charge in [-0.25, -0.2) is 9.97 Å². The van der Waals surface area contributed by atoms with Crippen LogP contribution >= 0.6 is 0 Å². The summed E-state index contributed by atoms with van der Waals surface area (Å²) in [6.07, 6.45) is 6.51. The molecule has 0 radical (unpaired) electrons. The van der Waals surface area contributed by atoms with E-state index in [1.807, 2.05) is 12.1 Å². The number of likely N-dealkylation sites (tertiary alicyclic amines) is 1. The van der Waals surface area contributed by atoms with Crippen LogP contribution in [0.5, 0.6) is 5.75 Å². The molecule has 3 aliphatic heterocycles. The van der Waals surface area contributed by atoms with Crippen LogP contribution in [0.15, 0.2) is 30.6 Å². The zero-order valence-corrected chi connectivity index (χ0v) is 16.1. The van der Waals surface area contributed by atoms with Crippen molar-refractivity contribution in [2.24, 2.45) is 5.92 Å². The molecule has 1 aromatic carbocycles. The van der Waals surface area contributed by atoms with Crippen LogP contribution < -0.4 is 9.64 Å². The molecule has 146 valence electrons. The molecule has 1 aromatic heterocycles. The maximum absolute atomic E-state index is 12.0. The van der Waals surface area contributed by atoms with Gasteiger partial charge in [-0.1, -0.05) is 18.2 Å². The minimum absolute atomic E-state index is 0.321. The summed E-state index contributed by atoms with van der Waals surface area (Å²) in [5.74, 6) is 2.82. The molecule has 6 nitrogen and oxygen atoms in total. The summed E-state index contributed by atoms with van der Waals surface area (Å²) >= 11 is 0. The summed E-state index contributed by atoms with van der Waals surface area (Å²) in [5.41, 5.74) is 3.36. The highest BCUT2D eigenvalue weighted by Gasteiger charge is 2.29. The van der Waals surface area contributed by atoms with Crippen LogP contribution in [-0.4, -0.2) is 47.0 Å². The number of carbonyl (C=O) groups excluding carboxylic acids is 1. The lowest BCUT2D eigenvalue weighted by atomic mass is 9.96. The first kappa shape index (κ1) is 17.5. The highest BCUT2D eigenvalue weighted by molar-refractivity contribution is 5.78. The van der Waals surface area contributed by atoms with E-state index in [2.05, 4.69) is 26.9 Å². The van der Waals surface area contributed by atoms with Crippen molar-refractivity contribution in [3.05, 3.63) is 47.4 Å². The summed E-state index contributed by atoms with van der Waals surface area (Å²) < 4.78 is 5.99. The number of nitrogens with zero attached hydrogens (tertiary/aromatic N) is 4. The topological polar surface area (TPSA) is 58.6 Å². The van der Waals surface area contributed by atoms with Crippen LogP contribution in [0.1, 0.15) is 42.5 Å². The Kier molecular flexibility index (Phi) is 4.63. The van der Waals surface area contributed by atoms with E-state index in [1.54, 1.807) is 6.33 Å². The summed E-state index contributed by atoms with van der Waals surface area (Å²) in [6.45, 7) is 4.26. The van der Waals surface area contributed by atoms with E-state index < -0.39 is 0 Å². The Morgan fingerprint density at radius 3 is 2.96 bits per heavy atom. The van der Waals surface area contributed by atoms with Gasteiger partial charge in [-0.15, -0.1) is 0 Å². The van der Waals surface area contributed by atoms with Crippen molar-refractivity contribution in [3.8, 4) is 5.75 Å². The molecule has 2 saturated heterocycles. The SMILES string of the molecule is O=C1CCCN1CC1CCCN(c2ncnc3c2Cc2ccccc2OC3)C1. The second-order valence-corrected chi connectivity index (χ2v) is 8.09. The number of amides is 1. The molecule has 0 bridgehead atoms. The molecule has 0 N–H and O–H groups in total. The Bertz CT molecular complexity index is 885. The first-order chi connectivity index (χ1) is 13.8. The summed E-state index contributed by atoms with van der Waals surface area (Å²) in [4.78, 5) is 25.7. The summed E-state index contributed by atoms with van der Waals surface area (Å²) in [5, 5.41) is 0. The van der Waals surface area contributed by atoms with Crippen LogP contribution in [0.4, 0.5) is 5.82 Å². The van der Waals surface area contributed by atoms with Crippen molar-refractivity contribution in [1.82, 2.24) is 14.9 Å². The maximum atomic E-state index is 12.0. The largest absolute Gasteiger partial charge is 0.487 e. The molecule has 1 unspecified atom stereocenters. The van der Waals surface area contributed by atoms with Gasteiger partial charge in [0.15, 0.2) is 0 Å². The molecule has 28 heavy (non-hydrogen) atoms. The number of para-hydroxylation sites is 1. The van der Waals surface area contributed by atoms with E-state index in [-0.39, 0.29) is 0 Å². The lowest BCUT2D eigenvalue weighted by Gasteiger charge is -2.36. The standard InChI is InChI=1S/C22H26N4O2/c27-21-8-4-9-25(21)12-16-5-3-10-26(13-16)22-18-11-17-6-1-2-7-20(17)28-14-19(18)23-15-24-22/h1-2,6-7,15-16H,3-5,8-14H2. The molecule has 2 aromatic rings. The Balaban J connectivity index is 1.39. The van der Waals surface area contributed by atoms with Crippen LogP contribution in [0.25, 0.3) is 0 Å². The second-order valence-electron chi connectivity index (χ2n) is 8.09. The van der Waals surface area contributed by atoms with Gasteiger partial charge in [-0.05, 0) is 36.8 Å². The van der Waals surface area contributed by atoms with Gasteiger partial charge < -0.3 is 14.5 Å². The number of benzene rings is 1. The summed E-state index contributed by atoms with van der Waals surface area (Å²) in [7, 11) is 0.